The third-order valence-corrected chi connectivity index (χ3v) is 11.3. The van der Waals surface area contributed by atoms with E-state index in [0.717, 1.165) is 135 Å². The Bertz CT molecular complexity index is 1390. The standard InChI is InChI=1S/C61H100O6/c1-4-7-10-13-16-19-22-25-27-29-30-32-33-36-39-42-45-48-51-54-60(63)66-57-58(56-65-59(62)53-50-47-44-41-38-35-24-21-18-15-12-9-6-3)67-61(64)55-52-49-46-43-40-37-34-31-28-26-23-20-17-14-11-8-5-2/h7,9-10,12,15-21,24-28,30,32,58H,4-6,8,11,13-14,22-23,29,31,33-57H2,1-3H3/b10-7+,12-9+,18-15+,19-16+,20-17+,24-21+,27-25+,28-26+,32-30+. The molecule has 0 saturated carbocycles. The van der Waals surface area contributed by atoms with E-state index in [0.29, 0.717) is 19.3 Å². The highest BCUT2D eigenvalue weighted by Crippen LogP contribution is 2.14. The van der Waals surface area contributed by atoms with Crippen LogP contribution in [0, 0.1) is 0 Å². The first-order valence-electron chi connectivity index (χ1n) is 27.4. The number of hydrogen-bond donors (Lipinski definition) is 0. The van der Waals surface area contributed by atoms with Crippen LogP contribution in [0.5, 0.6) is 0 Å². The lowest BCUT2D eigenvalue weighted by Gasteiger charge is -2.18. The van der Waals surface area contributed by atoms with Gasteiger partial charge in [-0.15, -0.1) is 0 Å². The minimum Gasteiger partial charge on any atom is -0.462 e. The molecule has 67 heavy (non-hydrogen) atoms. The lowest BCUT2D eigenvalue weighted by molar-refractivity contribution is -0.167. The average Bonchev–Trinajstić information content (AvgIpc) is 3.33. The molecule has 0 aromatic heterocycles. The number of esters is 3. The normalized spacial score (nSPS) is 12.9. The number of carbonyl (C=O) groups is 3. The van der Waals surface area contributed by atoms with Crippen LogP contribution in [0.1, 0.15) is 239 Å². The van der Waals surface area contributed by atoms with Crippen molar-refractivity contribution in [1.82, 2.24) is 0 Å². The third kappa shape index (κ3) is 52.9. The van der Waals surface area contributed by atoms with Crippen molar-refractivity contribution in [3.8, 4) is 0 Å². The van der Waals surface area contributed by atoms with Gasteiger partial charge in [0.2, 0.25) is 0 Å². The molecule has 0 heterocycles. The Kier molecular flexibility index (Phi) is 51.5. The van der Waals surface area contributed by atoms with Gasteiger partial charge in [-0.05, 0) is 109 Å². The molecule has 0 bridgehead atoms. The summed E-state index contributed by atoms with van der Waals surface area (Å²) in [6.45, 7) is 6.33. The van der Waals surface area contributed by atoms with Crippen molar-refractivity contribution in [2.75, 3.05) is 13.2 Å². The molecule has 0 N–H and O–H groups in total. The molecule has 0 rings (SSSR count). The smallest absolute Gasteiger partial charge is 0.306 e. The van der Waals surface area contributed by atoms with E-state index >= 15 is 0 Å². The lowest BCUT2D eigenvalue weighted by atomic mass is 10.1. The Balaban J connectivity index is 4.45. The van der Waals surface area contributed by atoms with Gasteiger partial charge < -0.3 is 14.2 Å². The summed E-state index contributed by atoms with van der Waals surface area (Å²) < 4.78 is 16.8. The van der Waals surface area contributed by atoms with Crippen LogP contribution in [0.25, 0.3) is 0 Å². The molecule has 0 saturated heterocycles. The Labute approximate surface area is 412 Å². The van der Waals surface area contributed by atoms with E-state index in [9.17, 15) is 14.4 Å². The van der Waals surface area contributed by atoms with Crippen LogP contribution in [0.15, 0.2) is 109 Å². The van der Waals surface area contributed by atoms with E-state index in [2.05, 4.69) is 130 Å². The monoisotopic (exact) mass is 929 g/mol. The van der Waals surface area contributed by atoms with Gasteiger partial charge in [-0.2, -0.15) is 0 Å². The van der Waals surface area contributed by atoms with Gasteiger partial charge in [0.15, 0.2) is 6.10 Å². The van der Waals surface area contributed by atoms with Gasteiger partial charge in [-0.25, -0.2) is 0 Å². The minimum atomic E-state index is -0.799. The van der Waals surface area contributed by atoms with Gasteiger partial charge in [0.1, 0.15) is 13.2 Å². The molecule has 0 aliphatic heterocycles. The van der Waals surface area contributed by atoms with Crippen molar-refractivity contribution in [3.63, 3.8) is 0 Å². The van der Waals surface area contributed by atoms with E-state index in [-0.39, 0.29) is 31.1 Å². The largest absolute Gasteiger partial charge is 0.462 e. The highest BCUT2D eigenvalue weighted by atomic mass is 16.6. The van der Waals surface area contributed by atoms with Crippen LogP contribution in [0.3, 0.4) is 0 Å². The second-order valence-electron chi connectivity index (χ2n) is 17.8. The minimum absolute atomic E-state index is 0.0975. The maximum atomic E-state index is 12.8. The molecular formula is C61H100O6. The Morgan fingerprint density at radius 3 is 1.07 bits per heavy atom. The van der Waals surface area contributed by atoms with Crippen molar-refractivity contribution in [2.24, 2.45) is 0 Å². The molecule has 0 aliphatic rings. The fourth-order valence-corrected chi connectivity index (χ4v) is 7.23. The average molecular weight is 929 g/mol. The maximum Gasteiger partial charge on any atom is 0.306 e. The molecule has 1 unspecified atom stereocenters. The molecule has 0 fully saturated rings. The number of unbranched alkanes of at least 4 members (excludes halogenated alkanes) is 21. The Hall–Kier alpha value is -3.93. The predicted molar refractivity (Wildman–Crippen MR) is 288 cm³/mol. The highest BCUT2D eigenvalue weighted by Gasteiger charge is 2.19. The van der Waals surface area contributed by atoms with Crippen LogP contribution in [0.2, 0.25) is 0 Å². The molecule has 0 spiro atoms. The van der Waals surface area contributed by atoms with E-state index in [4.69, 9.17) is 14.2 Å². The number of rotatable bonds is 48. The van der Waals surface area contributed by atoms with Crippen LogP contribution in [-0.4, -0.2) is 37.2 Å². The first kappa shape index (κ1) is 63.1. The van der Waals surface area contributed by atoms with Crippen LogP contribution in [0.4, 0.5) is 0 Å². The van der Waals surface area contributed by atoms with Crippen molar-refractivity contribution < 1.29 is 28.6 Å². The summed E-state index contributed by atoms with van der Waals surface area (Å²) >= 11 is 0. The molecule has 0 aliphatic carbocycles. The molecular weight excluding hydrogens is 829 g/mol. The quantitative estimate of drug-likeness (QED) is 0.0199. The van der Waals surface area contributed by atoms with Crippen LogP contribution in [-0.2, 0) is 28.6 Å². The molecule has 6 heteroatoms. The zero-order valence-corrected chi connectivity index (χ0v) is 43.4. The maximum absolute atomic E-state index is 12.8. The molecule has 380 valence electrons. The van der Waals surface area contributed by atoms with Gasteiger partial charge in [-0.3, -0.25) is 14.4 Å². The summed E-state index contributed by atoms with van der Waals surface area (Å²) in [7, 11) is 0. The van der Waals surface area contributed by atoms with Crippen molar-refractivity contribution in [2.45, 2.75) is 245 Å². The lowest BCUT2D eigenvalue weighted by Crippen LogP contribution is -2.30. The fourth-order valence-electron chi connectivity index (χ4n) is 7.23. The SMILES string of the molecule is CC/C=C/C=C/C=C/CCCCCCCC(=O)OCC(COC(=O)CCCCCCCC/C=C/C/C=C/C/C=C/C/C=C/CC)OC(=O)CCCCCCCCC/C=C/C/C=C/CCCCC. The summed E-state index contributed by atoms with van der Waals surface area (Å²) in [6, 6.07) is 0. The highest BCUT2D eigenvalue weighted by molar-refractivity contribution is 5.71. The zero-order valence-electron chi connectivity index (χ0n) is 43.4. The third-order valence-electron chi connectivity index (χ3n) is 11.3. The predicted octanol–water partition coefficient (Wildman–Crippen LogP) is 18.3. The van der Waals surface area contributed by atoms with Crippen molar-refractivity contribution in [1.29, 1.82) is 0 Å². The van der Waals surface area contributed by atoms with E-state index in [1.165, 1.54) is 64.2 Å². The molecule has 6 nitrogen and oxygen atoms in total. The second kappa shape index (κ2) is 54.7. The van der Waals surface area contributed by atoms with Gasteiger partial charge >= 0.3 is 17.9 Å². The topological polar surface area (TPSA) is 78.9 Å². The van der Waals surface area contributed by atoms with E-state index in [1.807, 2.05) is 0 Å². The van der Waals surface area contributed by atoms with Crippen molar-refractivity contribution >= 4 is 17.9 Å². The Morgan fingerprint density at radius 1 is 0.328 bits per heavy atom. The van der Waals surface area contributed by atoms with Gasteiger partial charge in [0.05, 0.1) is 0 Å². The second-order valence-corrected chi connectivity index (χ2v) is 17.8. The van der Waals surface area contributed by atoms with Crippen LogP contribution >= 0.6 is 0 Å². The zero-order chi connectivity index (χ0) is 48.6. The first-order valence-corrected chi connectivity index (χ1v) is 27.4. The van der Waals surface area contributed by atoms with Crippen molar-refractivity contribution in [3.05, 3.63) is 109 Å². The van der Waals surface area contributed by atoms with Gasteiger partial charge in [-0.1, -0.05) is 220 Å². The van der Waals surface area contributed by atoms with E-state index < -0.39 is 6.10 Å². The first-order chi connectivity index (χ1) is 33.0. The number of ether oxygens (including phenoxy) is 3. The van der Waals surface area contributed by atoms with E-state index in [1.54, 1.807) is 0 Å². The fraction of sp³-hybridized carbons (Fsp3) is 0.656. The molecule has 0 aromatic carbocycles. The summed E-state index contributed by atoms with van der Waals surface area (Å²) in [5, 5.41) is 0. The molecule has 0 aromatic rings. The summed E-state index contributed by atoms with van der Waals surface area (Å²) in [5.74, 6) is -0.941. The van der Waals surface area contributed by atoms with Gasteiger partial charge in [0, 0.05) is 19.3 Å². The van der Waals surface area contributed by atoms with Crippen LogP contribution < -0.4 is 0 Å². The molecule has 1 atom stereocenters. The summed E-state index contributed by atoms with van der Waals surface area (Å²) in [5.41, 5.74) is 0. The Morgan fingerprint density at radius 2 is 0.657 bits per heavy atom. The molecule has 0 radical (unpaired) electrons. The number of hydrogen-bond acceptors (Lipinski definition) is 6. The number of allylic oxidation sites excluding steroid dienone is 18. The summed E-state index contributed by atoms with van der Waals surface area (Å²) in [6.07, 6.45) is 73.5. The molecule has 0 amide bonds. The van der Waals surface area contributed by atoms with Gasteiger partial charge in [0.25, 0.3) is 0 Å². The number of carbonyl (C=O) groups excluding carboxylic acids is 3. The summed E-state index contributed by atoms with van der Waals surface area (Å²) in [4.78, 5) is 38.1.